The first-order valence-electron chi connectivity index (χ1n) is 17.2. The predicted molar refractivity (Wildman–Crippen MR) is 191 cm³/mol. The van der Waals surface area contributed by atoms with E-state index >= 15 is 0 Å². The fourth-order valence-corrected chi connectivity index (χ4v) is 8.41. The Bertz CT molecular complexity index is 2340. The normalized spacial score (nSPS) is 18.2. The summed E-state index contributed by atoms with van der Waals surface area (Å²) in [6.07, 6.45) is 3.36. The van der Waals surface area contributed by atoms with E-state index in [2.05, 4.69) is 13.0 Å². The zero-order valence-corrected chi connectivity index (χ0v) is 29.4. The second kappa shape index (κ2) is 12.3. The highest BCUT2D eigenvalue weighted by molar-refractivity contribution is 6.35. The number of aryl methyl sites for hydroxylation is 7. The number of halogens is 2. The quantitative estimate of drug-likeness (QED) is 0.188. The number of aromatic carboxylic acids is 1. The number of fused-ring (bicyclic) bond motifs is 7. The van der Waals surface area contributed by atoms with E-state index in [4.69, 9.17) is 31.3 Å². The Morgan fingerprint density at radius 3 is 2.66 bits per heavy atom. The molecule has 3 aromatic carbocycles. The van der Waals surface area contributed by atoms with Crippen LogP contribution in [0, 0.1) is 19.7 Å². The van der Waals surface area contributed by atoms with Crippen molar-refractivity contribution in [3.8, 4) is 16.9 Å². The Balaban J connectivity index is 1.30. The van der Waals surface area contributed by atoms with Crippen molar-refractivity contribution in [2.24, 2.45) is 7.05 Å². The smallest absolute Gasteiger partial charge is 0.352 e. The molecule has 11 heteroatoms. The van der Waals surface area contributed by atoms with Gasteiger partial charge in [-0.15, -0.1) is 0 Å². The molecular formula is C39H39ClFN5O4. The highest BCUT2D eigenvalue weighted by Crippen LogP contribution is 2.47. The van der Waals surface area contributed by atoms with Gasteiger partial charge in [0.2, 0.25) is 0 Å². The van der Waals surface area contributed by atoms with E-state index in [9.17, 15) is 14.3 Å². The molecule has 0 fully saturated rings. The van der Waals surface area contributed by atoms with Crippen molar-refractivity contribution in [1.29, 1.82) is 0 Å². The molecule has 0 radical (unpaired) electrons. The van der Waals surface area contributed by atoms with Gasteiger partial charge in [0.25, 0.3) is 0 Å². The number of carboxylic acids is 1. The molecule has 1 atom stereocenters. The second-order valence-corrected chi connectivity index (χ2v) is 14.2. The maximum Gasteiger partial charge on any atom is 0.352 e. The molecule has 2 aliphatic heterocycles. The van der Waals surface area contributed by atoms with Crippen molar-refractivity contribution in [2.75, 3.05) is 13.2 Å². The molecule has 5 heterocycles. The van der Waals surface area contributed by atoms with E-state index in [1.54, 1.807) is 12.1 Å². The summed E-state index contributed by atoms with van der Waals surface area (Å²) >= 11 is 7.09. The van der Waals surface area contributed by atoms with Gasteiger partial charge in [-0.2, -0.15) is 10.2 Å². The highest BCUT2D eigenvalue weighted by Gasteiger charge is 2.40. The minimum atomic E-state index is -1.01. The van der Waals surface area contributed by atoms with E-state index in [0.717, 1.165) is 74.0 Å². The summed E-state index contributed by atoms with van der Waals surface area (Å²) in [5.74, 6) is -0.626. The van der Waals surface area contributed by atoms with Gasteiger partial charge in [0.1, 0.15) is 22.9 Å². The molecule has 0 amide bonds. The molecule has 258 valence electrons. The molecular weight excluding hydrogens is 657 g/mol. The number of ether oxygens (including phenoxy) is 2. The minimum absolute atomic E-state index is 0.220. The standard InChI is InChI=1S/C39H39ClFN5O4/c1-22-33-31-11-10-30(40)35(33)34-23(2)42-46-15-17-50-39(3,37(34)46)13-12-27-21-28(44(4)43-27)8-6-24-18-25-20-26(41)7-9-29(25)32(19-24)49-16-5-14-45(31)36(22)38(47)48/h7,9-11,18-21H,5-6,8,12-17H2,1-4H3,(H,47,48). The molecule has 0 saturated carbocycles. The lowest BCUT2D eigenvalue weighted by Crippen LogP contribution is -2.37. The van der Waals surface area contributed by atoms with Crippen LogP contribution in [0.15, 0.2) is 48.5 Å². The Kier molecular flexibility index (Phi) is 7.99. The monoisotopic (exact) mass is 695 g/mol. The number of aromatic nitrogens is 5. The van der Waals surface area contributed by atoms with Gasteiger partial charge in [-0.3, -0.25) is 9.36 Å². The van der Waals surface area contributed by atoms with Gasteiger partial charge in [-0.1, -0.05) is 17.7 Å². The van der Waals surface area contributed by atoms with Crippen LogP contribution < -0.4 is 4.74 Å². The van der Waals surface area contributed by atoms with Crippen LogP contribution in [0.5, 0.6) is 5.75 Å². The Hall–Kier alpha value is -4.67. The van der Waals surface area contributed by atoms with E-state index in [-0.39, 0.29) is 11.5 Å². The van der Waals surface area contributed by atoms with Crippen LogP contribution in [-0.4, -0.2) is 48.4 Å². The molecule has 50 heavy (non-hydrogen) atoms. The SMILES string of the molecule is Cc1nn2c3c1-c1c(Cl)ccc4c1c(C)c(C(=O)O)n4CCCOc1cc(cc4cc(F)ccc14)CCc1cc(nn1C)CCC3(C)OCC2. The van der Waals surface area contributed by atoms with E-state index < -0.39 is 11.6 Å². The van der Waals surface area contributed by atoms with Crippen molar-refractivity contribution in [3.63, 3.8) is 0 Å². The number of carboxylic acid groups (broad SMARTS) is 1. The lowest BCUT2D eigenvalue weighted by molar-refractivity contribution is -0.0719. The van der Waals surface area contributed by atoms with Gasteiger partial charge in [0, 0.05) is 51.7 Å². The number of hydrogen-bond donors (Lipinski definition) is 1. The van der Waals surface area contributed by atoms with E-state index in [0.29, 0.717) is 61.9 Å². The number of nitrogens with zero attached hydrogens (tertiary/aromatic N) is 5. The van der Waals surface area contributed by atoms with Gasteiger partial charge in [0.05, 0.1) is 36.8 Å². The summed E-state index contributed by atoms with van der Waals surface area (Å²) in [7, 11) is 1.97. The largest absolute Gasteiger partial charge is 0.493 e. The third-order valence-corrected chi connectivity index (χ3v) is 10.8. The number of benzene rings is 3. The van der Waals surface area contributed by atoms with Crippen molar-refractivity contribution < 1.29 is 23.8 Å². The lowest BCUT2D eigenvalue weighted by Gasteiger charge is -2.36. The van der Waals surface area contributed by atoms with Gasteiger partial charge in [0.15, 0.2) is 0 Å². The maximum atomic E-state index is 14.4. The maximum absolute atomic E-state index is 14.4. The summed E-state index contributed by atoms with van der Waals surface area (Å²) in [6.45, 7) is 7.82. The third-order valence-electron chi connectivity index (χ3n) is 10.5. The Labute approximate surface area is 294 Å². The fraction of sp³-hybridized carbons (Fsp3) is 0.359. The molecule has 2 aliphatic rings. The zero-order chi connectivity index (χ0) is 34.9. The molecule has 1 N–H and O–H groups in total. The predicted octanol–water partition coefficient (Wildman–Crippen LogP) is 7.94. The van der Waals surface area contributed by atoms with Gasteiger partial charge < -0.3 is 19.1 Å². The van der Waals surface area contributed by atoms with Gasteiger partial charge >= 0.3 is 5.97 Å². The lowest BCUT2D eigenvalue weighted by atomic mass is 9.86. The van der Waals surface area contributed by atoms with Crippen LogP contribution in [-0.2, 0) is 49.7 Å². The molecule has 1 unspecified atom stereocenters. The Morgan fingerprint density at radius 1 is 1.00 bits per heavy atom. The summed E-state index contributed by atoms with van der Waals surface area (Å²) in [5, 5.41) is 23.3. The average Bonchev–Trinajstić information content (AvgIpc) is 3.70. The van der Waals surface area contributed by atoms with Gasteiger partial charge in [-0.25, -0.2) is 9.18 Å². The summed E-state index contributed by atoms with van der Waals surface area (Å²) in [5.41, 5.74) is 7.49. The number of hydrogen-bond acceptors (Lipinski definition) is 5. The topological polar surface area (TPSA) is 96.3 Å². The molecule has 8 bridgehead atoms. The molecule has 0 saturated heterocycles. The molecule has 6 aromatic rings. The Morgan fingerprint density at radius 2 is 1.84 bits per heavy atom. The minimum Gasteiger partial charge on any atom is -0.493 e. The summed E-state index contributed by atoms with van der Waals surface area (Å²) < 4.78 is 33.2. The van der Waals surface area contributed by atoms with Crippen LogP contribution in [0.3, 0.4) is 0 Å². The van der Waals surface area contributed by atoms with Crippen molar-refractivity contribution in [2.45, 2.75) is 71.6 Å². The first kappa shape index (κ1) is 32.5. The van der Waals surface area contributed by atoms with Crippen LogP contribution >= 0.6 is 11.6 Å². The first-order valence-corrected chi connectivity index (χ1v) is 17.5. The summed E-state index contributed by atoms with van der Waals surface area (Å²) in [6, 6.07) is 14.7. The number of rotatable bonds is 1. The highest BCUT2D eigenvalue weighted by atomic mass is 35.5. The van der Waals surface area contributed by atoms with Crippen LogP contribution in [0.1, 0.15) is 64.2 Å². The van der Waals surface area contributed by atoms with E-state index in [1.807, 2.05) is 59.1 Å². The van der Waals surface area contributed by atoms with Crippen LogP contribution in [0.4, 0.5) is 4.39 Å². The summed E-state index contributed by atoms with van der Waals surface area (Å²) in [4.78, 5) is 12.9. The van der Waals surface area contributed by atoms with Crippen LogP contribution in [0.25, 0.3) is 32.8 Å². The average molecular weight is 696 g/mol. The van der Waals surface area contributed by atoms with Crippen molar-refractivity contribution >= 4 is 39.2 Å². The fourth-order valence-electron chi connectivity index (χ4n) is 8.16. The van der Waals surface area contributed by atoms with Crippen LogP contribution in [0.2, 0.25) is 5.02 Å². The van der Waals surface area contributed by atoms with Crippen molar-refractivity contribution in [1.82, 2.24) is 24.1 Å². The van der Waals surface area contributed by atoms with Gasteiger partial charge in [-0.05, 0) is 112 Å². The van der Waals surface area contributed by atoms with Crippen molar-refractivity contribution in [3.05, 3.63) is 99.0 Å². The number of carbonyl (C=O) groups is 1. The molecule has 9 nitrogen and oxygen atoms in total. The second-order valence-electron chi connectivity index (χ2n) is 13.8. The molecule has 0 spiro atoms. The third kappa shape index (κ3) is 5.36. The molecule has 3 aromatic heterocycles. The van der Waals surface area contributed by atoms with E-state index in [1.165, 1.54) is 6.07 Å². The molecule has 0 aliphatic carbocycles. The zero-order valence-electron chi connectivity index (χ0n) is 28.6. The molecule has 8 rings (SSSR count). The first-order chi connectivity index (χ1) is 24.0.